The summed E-state index contributed by atoms with van der Waals surface area (Å²) in [5.41, 5.74) is 5.45. The van der Waals surface area contributed by atoms with Gasteiger partial charge in [0.1, 0.15) is 5.82 Å². The van der Waals surface area contributed by atoms with Gasteiger partial charge in [0.25, 0.3) is 0 Å². The number of rotatable bonds is 6. The van der Waals surface area contributed by atoms with E-state index < -0.39 is 32.2 Å². The zero-order valence-corrected chi connectivity index (χ0v) is 13.5. The Hall–Kier alpha value is -1.05. The molecule has 116 valence electrons. The SMILES string of the molecule is CCOC[C@@]1(C(N)=S)[C@H](c2cccc(F)c2)[C@@H]1S(C)(=O)=O. The molecule has 0 radical (unpaired) electrons. The topological polar surface area (TPSA) is 69.4 Å². The van der Waals surface area contributed by atoms with Crippen molar-refractivity contribution in [1.82, 2.24) is 0 Å². The molecule has 0 amide bonds. The Morgan fingerprint density at radius 1 is 1.52 bits per heavy atom. The number of nitrogens with two attached hydrogens (primary N) is 1. The molecule has 0 aliphatic heterocycles. The van der Waals surface area contributed by atoms with Gasteiger partial charge in [0.15, 0.2) is 9.84 Å². The number of benzene rings is 1. The quantitative estimate of drug-likeness (QED) is 0.803. The normalized spacial score (nSPS) is 28.3. The van der Waals surface area contributed by atoms with Gasteiger partial charge in [-0.05, 0) is 24.6 Å². The van der Waals surface area contributed by atoms with Crippen molar-refractivity contribution >= 4 is 27.0 Å². The Morgan fingerprint density at radius 3 is 2.67 bits per heavy atom. The second-order valence-electron chi connectivity index (χ2n) is 5.32. The predicted molar refractivity (Wildman–Crippen MR) is 83.5 cm³/mol. The zero-order valence-electron chi connectivity index (χ0n) is 11.9. The maximum absolute atomic E-state index is 13.4. The summed E-state index contributed by atoms with van der Waals surface area (Å²) in [7, 11) is -3.39. The lowest BCUT2D eigenvalue weighted by atomic mass is 10.00. The van der Waals surface area contributed by atoms with Crippen molar-refractivity contribution < 1.29 is 17.5 Å². The van der Waals surface area contributed by atoms with Crippen LogP contribution in [0.3, 0.4) is 0 Å². The molecule has 3 atom stereocenters. The summed E-state index contributed by atoms with van der Waals surface area (Å²) in [6.07, 6.45) is 1.15. The van der Waals surface area contributed by atoms with Gasteiger partial charge in [0.05, 0.1) is 22.3 Å². The minimum Gasteiger partial charge on any atom is -0.393 e. The average Bonchev–Trinajstić information content (AvgIpc) is 3.07. The molecule has 2 rings (SSSR count). The first-order valence-corrected chi connectivity index (χ1v) is 8.93. The van der Waals surface area contributed by atoms with E-state index >= 15 is 0 Å². The third-order valence-electron chi connectivity index (χ3n) is 3.93. The largest absolute Gasteiger partial charge is 0.393 e. The average molecular weight is 331 g/mol. The molecule has 0 bridgehead atoms. The van der Waals surface area contributed by atoms with E-state index in [1.54, 1.807) is 12.1 Å². The van der Waals surface area contributed by atoms with Crippen LogP contribution in [0.15, 0.2) is 24.3 Å². The first-order valence-electron chi connectivity index (χ1n) is 6.57. The number of hydrogen-bond acceptors (Lipinski definition) is 4. The second-order valence-corrected chi connectivity index (χ2v) is 7.93. The molecule has 0 spiro atoms. The van der Waals surface area contributed by atoms with Gasteiger partial charge in [-0.25, -0.2) is 12.8 Å². The van der Waals surface area contributed by atoms with Gasteiger partial charge in [0, 0.05) is 18.8 Å². The van der Waals surface area contributed by atoms with Gasteiger partial charge in [-0.1, -0.05) is 24.4 Å². The van der Waals surface area contributed by atoms with Crippen LogP contribution in [0, 0.1) is 11.2 Å². The van der Waals surface area contributed by atoms with Crippen molar-refractivity contribution in [2.24, 2.45) is 11.1 Å². The molecule has 21 heavy (non-hydrogen) atoms. The number of hydrogen-bond donors (Lipinski definition) is 1. The monoisotopic (exact) mass is 331 g/mol. The highest BCUT2D eigenvalue weighted by atomic mass is 32.2. The molecule has 1 aliphatic carbocycles. The molecular weight excluding hydrogens is 313 g/mol. The minimum absolute atomic E-state index is 0.0978. The predicted octanol–water partition coefficient (Wildman–Crippen LogP) is 1.65. The highest BCUT2D eigenvalue weighted by Gasteiger charge is 2.72. The van der Waals surface area contributed by atoms with Crippen LogP contribution in [-0.2, 0) is 14.6 Å². The fourth-order valence-corrected chi connectivity index (χ4v) is 5.32. The smallest absolute Gasteiger partial charge is 0.152 e. The molecule has 4 nitrogen and oxygen atoms in total. The Balaban J connectivity index is 2.49. The van der Waals surface area contributed by atoms with E-state index in [-0.39, 0.29) is 11.6 Å². The fourth-order valence-electron chi connectivity index (χ4n) is 3.01. The number of sulfone groups is 1. The lowest BCUT2D eigenvalue weighted by Gasteiger charge is -2.16. The van der Waals surface area contributed by atoms with Crippen LogP contribution < -0.4 is 5.73 Å². The first kappa shape index (κ1) is 16.3. The molecule has 1 saturated carbocycles. The van der Waals surface area contributed by atoms with Crippen molar-refractivity contribution in [2.75, 3.05) is 19.5 Å². The van der Waals surface area contributed by atoms with E-state index in [1.807, 2.05) is 6.92 Å². The van der Waals surface area contributed by atoms with Crippen LogP contribution >= 0.6 is 12.2 Å². The minimum atomic E-state index is -3.39. The molecule has 7 heteroatoms. The van der Waals surface area contributed by atoms with E-state index in [1.165, 1.54) is 12.1 Å². The molecule has 0 unspecified atom stereocenters. The molecule has 1 aliphatic rings. The summed E-state index contributed by atoms with van der Waals surface area (Å²) in [6, 6.07) is 5.88. The molecule has 1 fully saturated rings. The first-order chi connectivity index (χ1) is 9.75. The van der Waals surface area contributed by atoms with E-state index in [0.29, 0.717) is 12.2 Å². The zero-order chi connectivity index (χ0) is 15.8. The highest BCUT2D eigenvalue weighted by molar-refractivity contribution is 7.92. The van der Waals surface area contributed by atoms with Crippen molar-refractivity contribution in [2.45, 2.75) is 18.1 Å². The molecule has 0 heterocycles. The summed E-state index contributed by atoms with van der Waals surface area (Å²) in [6.45, 7) is 2.36. The fraction of sp³-hybridized carbons (Fsp3) is 0.500. The highest BCUT2D eigenvalue weighted by Crippen LogP contribution is 2.63. The third kappa shape index (κ3) is 2.82. The second kappa shape index (κ2) is 5.62. The van der Waals surface area contributed by atoms with Crippen LogP contribution in [-0.4, -0.2) is 38.1 Å². The van der Waals surface area contributed by atoms with Crippen molar-refractivity contribution in [1.29, 1.82) is 0 Å². The number of ether oxygens (including phenoxy) is 1. The molecular formula is C14H18FNO3S2. The number of halogens is 1. The van der Waals surface area contributed by atoms with Crippen LogP contribution in [0.25, 0.3) is 0 Å². The van der Waals surface area contributed by atoms with Gasteiger partial charge in [0.2, 0.25) is 0 Å². The van der Waals surface area contributed by atoms with Crippen molar-refractivity contribution in [3.63, 3.8) is 0 Å². The van der Waals surface area contributed by atoms with Gasteiger partial charge in [-0.15, -0.1) is 0 Å². The van der Waals surface area contributed by atoms with Gasteiger partial charge < -0.3 is 10.5 Å². The van der Waals surface area contributed by atoms with Crippen LogP contribution in [0.4, 0.5) is 4.39 Å². The van der Waals surface area contributed by atoms with Crippen LogP contribution in [0.5, 0.6) is 0 Å². The van der Waals surface area contributed by atoms with Crippen LogP contribution in [0.2, 0.25) is 0 Å². The maximum Gasteiger partial charge on any atom is 0.152 e. The number of thiocarbonyl (C=S) groups is 1. The van der Waals surface area contributed by atoms with Gasteiger partial charge in [-0.2, -0.15) is 0 Å². The van der Waals surface area contributed by atoms with E-state index in [4.69, 9.17) is 22.7 Å². The standard InChI is InChI=1S/C14H18FNO3S2/c1-3-19-8-14(13(16)20)11(12(14)21(2,17)18)9-5-4-6-10(15)7-9/h4-7,11-12H,3,8H2,1-2H3,(H2,16,20)/t11-,12+,14-/m1/s1. The lowest BCUT2D eigenvalue weighted by molar-refractivity contribution is 0.121. The molecule has 1 aromatic carbocycles. The Bertz CT molecular complexity index is 662. The van der Waals surface area contributed by atoms with E-state index in [2.05, 4.69) is 0 Å². The van der Waals surface area contributed by atoms with E-state index in [9.17, 15) is 12.8 Å². The lowest BCUT2D eigenvalue weighted by Crippen LogP contribution is -2.33. The summed E-state index contributed by atoms with van der Waals surface area (Å²) < 4.78 is 43.0. The Kier molecular flexibility index (Phi) is 4.37. The maximum atomic E-state index is 13.4. The molecule has 1 aromatic rings. The molecule has 0 saturated heterocycles. The van der Waals surface area contributed by atoms with Gasteiger partial charge in [-0.3, -0.25) is 0 Å². The Labute approximate surface area is 129 Å². The van der Waals surface area contributed by atoms with Gasteiger partial charge >= 0.3 is 0 Å². The van der Waals surface area contributed by atoms with Crippen molar-refractivity contribution in [3.05, 3.63) is 35.6 Å². The van der Waals surface area contributed by atoms with Crippen molar-refractivity contribution in [3.8, 4) is 0 Å². The van der Waals surface area contributed by atoms with Crippen LogP contribution in [0.1, 0.15) is 18.4 Å². The summed E-state index contributed by atoms with van der Waals surface area (Å²) in [5.74, 6) is -0.882. The summed E-state index contributed by atoms with van der Waals surface area (Å²) in [4.78, 5) is 0.0978. The Morgan fingerprint density at radius 2 is 2.19 bits per heavy atom. The molecule has 2 N–H and O–H groups in total. The third-order valence-corrected chi connectivity index (χ3v) is 5.92. The van der Waals surface area contributed by atoms with E-state index in [0.717, 1.165) is 6.26 Å². The summed E-state index contributed by atoms with van der Waals surface area (Å²) >= 11 is 5.10. The summed E-state index contributed by atoms with van der Waals surface area (Å²) in [5, 5.41) is -0.768. The molecule has 0 aromatic heterocycles.